The van der Waals surface area contributed by atoms with Gasteiger partial charge < -0.3 is 20.1 Å². The molecule has 4 aromatic carbocycles. The summed E-state index contributed by atoms with van der Waals surface area (Å²) in [6.45, 7) is 1.28. The van der Waals surface area contributed by atoms with Crippen molar-refractivity contribution in [1.82, 2.24) is 9.80 Å². The van der Waals surface area contributed by atoms with Crippen molar-refractivity contribution in [3.8, 4) is 0 Å². The molecule has 4 amide bonds. The van der Waals surface area contributed by atoms with Gasteiger partial charge in [0.05, 0.1) is 0 Å². The first-order chi connectivity index (χ1) is 25.4. The zero-order valence-electron chi connectivity index (χ0n) is 29.1. The van der Waals surface area contributed by atoms with Crippen LogP contribution in [-0.4, -0.2) is 59.0 Å². The third-order valence-electron chi connectivity index (χ3n) is 9.31. The van der Waals surface area contributed by atoms with Gasteiger partial charge >= 0.3 is 12.2 Å². The van der Waals surface area contributed by atoms with Gasteiger partial charge in [-0.3, -0.25) is 19.4 Å². The van der Waals surface area contributed by atoms with Crippen molar-refractivity contribution < 1.29 is 28.7 Å². The third-order valence-corrected chi connectivity index (χ3v) is 9.31. The number of nitrogens with one attached hydrogen (secondary N) is 2. The van der Waals surface area contributed by atoms with Crippen molar-refractivity contribution in [2.24, 2.45) is 0 Å². The smallest absolute Gasteiger partial charge is 0.410 e. The summed E-state index contributed by atoms with van der Waals surface area (Å²) >= 11 is 0. The van der Waals surface area contributed by atoms with E-state index in [0.717, 1.165) is 47.9 Å². The van der Waals surface area contributed by atoms with Crippen LogP contribution >= 0.6 is 0 Å². The standard InChI is InChI=1S/C42H44N4O6/c47-39(37-15-7-9-27-45(37)41(49)51-29-33-11-3-1-4-12-33)43-35-23-19-31(20-24-35)17-18-32-21-25-36(26-22-32)44-40(48)38-16-8-10-28-46(38)42(50)52-30-34-13-5-2-6-14-34/h1-6,11-14,17-26,37-38H,7-10,15-16,27-30H2,(H,43,47)(H,44,48)/b18-17+/t37-,38-/m0/s1. The van der Waals surface area contributed by atoms with Gasteiger partial charge in [0.25, 0.3) is 0 Å². The molecule has 2 fully saturated rings. The van der Waals surface area contributed by atoms with Gasteiger partial charge in [-0.25, -0.2) is 9.59 Å². The van der Waals surface area contributed by atoms with Gasteiger partial charge in [0.15, 0.2) is 0 Å². The molecule has 0 aliphatic carbocycles. The molecule has 268 valence electrons. The van der Waals surface area contributed by atoms with Gasteiger partial charge in [-0.05, 0) is 85.0 Å². The lowest BCUT2D eigenvalue weighted by molar-refractivity contribution is -0.122. The number of hydrogen-bond donors (Lipinski definition) is 2. The Kier molecular flexibility index (Phi) is 12.3. The normalized spacial score (nSPS) is 17.3. The fraction of sp³-hybridized carbons (Fsp3) is 0.286. The SMILES string of the molecule is O=C(Nc1ccc(/C=C/c2ccc(NC(=O)[C@@H]3CCCCN3C(=O)OCc3ccccc3)cc2)cc1)[C@@H]1CCCCN1C(=O)OCc1ccccc1. The molecule has 0 aromatic heterocycles. The molecule has 52 heavy (non-hydrogen) atoms. The fourth-order valence-electron chi connectivity index (χ4n) is 6.45. The number of likely N-dealkylation sites (tertiary alicyclic amines) is 2. The number of rotatable bonds is 10. The highest BCUT2D eigenvalue weighted by Gasteiger charge is 2.34. The van der Waals surface area contributed by atoms with Crippen molar-refractivity contribution in [1.29, 1.82) is 0 Å². The van der Waals surface area contributed by atoms with Crippen molar-refractivity contribution >= 4 is 47.5 Å². The summed E-state index contributed by atoms with van der Waals surface area (Å²) < 4.78 is 11.0. The number of nitrogens with zero attached hydrogens (tertiary/aromatic N) is 2. The maximum atomic E-state index is 13.2. The summed E-state index contributed by atoms with van der Waals surface area (Å²) in [5.74, 6) is -0.461. The van der Waals surface area contributed by atoms with E-state index in [4.69, 9.17) is 9.47 Å². The fourth-order valence-corrected chi connectivity index (χ4v) is 6.45. The molecule has 2 heterocycles. The molecule has 0 unspecified atom stereocenters. The number of amides is 4. The molecule has 2 saturated heterocycles. The predicted octanol–water partition coefficient (Wildman–Crippen LogP) is 8.12. The van der Waals surface area contributed by atoms with Crippen LogP contribution in [0.1, 0.15) is 60.8 Å². The number of ether oxygens (including phenoxy) is 2. The Morgan fingerprint density at radius 1 is 0.538 bits per heavy atom. The van der Waals surface area contributed by atoms with Crippen molar-refractivity contribution in [3.05, 3.63) is 131 Å². The Hall–Kier alpha value is -5.90. The molecule has 2 aliphatic rings. The van der Waals surface area contributed by atoms with Gasteiger partial charge in [0.2, 0.25) is 11.8 Å². The largest absolute Gasteiger partial charge is 0.445 e. The molecule has 2 N–H and O–H groups in total. The number of benzene rings is 4. The molecule has 6 rings (SSSR count). The first-order valence-electron chi connectivity index (χ1n) is 17.9. The Morgan fingerprint density at radius 3 is 1.31 bits per heavy atom. The van der Waals surface area contributed by atoms with Gasteiger partial charge in [0.1, 0.15) is 25.3 Å². The van der Waals surface area contributed by atoms with Crippen molar-refractivity contribution in [2.75, 3.05) is 23.7 Å². The average molecular weight is 701 g/mol. The number of hydrogen-bond acceptors (Lipinski definition) is 6. The molecule has 0 saturated carbocycles. The summed E-state index contributed by atoms with van der Waals surface area (Å²) in [4.78, 5) is 55.3. The number of anilines is 2. The summed E-state index contributed by atoms with van der Waals surface area (Å²) in [6, 6.07) is 32.8. The number of carbonyl (C=O) groups is 4. The second kappa shape index (κ2) is 17.8. The highest BCUT2D eigenvalue weighted by atomic mass is 16.6. The summed E-state index contributed by atoms with van der Waals surface area (Å²) in [5, 5.41) is 5.93. The van der Waals surface area contributed by atoms with Crippen LogP contribution in [0.4, 0.5) is 21.0 Å². The van der Waals surface area contributed by atoms with Gasteiger partial charge in [0, 0.05) is 24.5 Å². The van der Waals surface area contributed by atoms with Gasteiger partial charge in [-0.1, -0.05) is 97.1 Å². The highest BCUT2D eigenvalue weighted by Crippen LogP contribution is 2.23. The Bertz CT molecular complexity index is 1700. The Morgan fingerprint density at radius 2 is 0.923 bits per heavy atom. The van der Waals surface area contributed by atoms with Gasteiger partial charge in [-0.15, -0.1) is 0 Å². The summed E-state index contributed by atoms with van der Waals surface area (Å²) in [5.41, 5.74) is 4.96. The summed E-state index contributed by atoms with van der Waals surface area (Å²) in [7, 11) is 0. The maximum absolute atomic E-state index is 13.2. The first-order valence-corrected chi connectivity index (χ1v) is 17.9. The van der Waals surface area contributed by atoms with Crippen LogP contribution < -0.4 is 10.6 Å². The van der Waals surface area contributed by atoms with E-state index in [2.05, 4.69) is 10.6 Å². The van der Waals surface area contributed by atoms with Crippen LogP contribution in [0.5, 0.6) is 0 Å². The molecule has 2 aliphatic heterocycles. The molecule has 4 aromatic rings. The highest BCUT2D eigenvalue weighted by molar-refractivity contribution is 5.97. The van der Waals surface area contributed by atoms with Gasteiger partial charge in [-0.2, -0.15) is 0 Å². The molecule has 0 spiro atoms. The lowest BCUT2D eigenvalue weighted by atomic mass is 10.0. The number of piperidine rings is 2. The lowest BCUT2D eigenvalue weighted by Crippen LogP contribution is -2.50. The Labute approximate surface area is 304 Å². The van der Waals surface area contributed by atoms with Crippen LogP contribution in [-0.2, 0) is 32.3 Å². The third kappa shape index (κ3) is 9.87. The van der Waals surface area contributed by atoms with E-state index in [1.54, 1.807) is 0 Å². The quantitative estimate of drug-likeness (QED) is 0.162. The Balaban J connectivity index is 0.980. The van der Waals surface area contributed by atoms with E-state index in [9.17, 15) is 19.2 Å². The molecule has 0 bridgehead atoms. The van der Waals surface area contributed by atoms with Crippen molar-refractivity contribution in [3.63, 3.8) is 0 Å². The minimum Gasteiger partial charge on any atom is -0.445 e. The second-order valence-electron chi connectivity index (χ2n) is 13.0. The summed E-state index contributed by atoms with van der Waals surface area (Å²) in [6.07, 6.45) is 7.52. The van der Waals surface area contributed by atoms with Crippen LogP contribution in [0, 0.1) is 0 Å². The van der Waals surface area contributed by atoms with Crippen LogP contribution in [0.25, 0.3) is 12.2 Å². The van der Waals surface area contributed by atoms with E-state index in [0.29, 0.717) is 37.3 Å². The first kappa shape index (κ1) is 35.9. The zero-order valence-corrected chi connectivity index (χ0v) is 29.1. The average Bonchev–Trinajstić information content (AvgIpc) is 3.20. The molecular formula is C42H44N4O6. The second-order valence-corrected chi connectivity index (χ2v) is 13.0. The lowest BCUT2D eigenvalue weighted by Gasteiger charge is -2.33. The molecule has 10 nitrogen and oxygen atoms in total. The van der Waals surface area contributed by atoms with E-state index >= 15 is 0 Å². The van der Waals surface area contributed by atoms with E-state index in [1.165, 1.54) is 9.80 Å². The molecular weight excluding hydrogens is 656 g/mol. The van der Waals surface area contributed by atoms with Crippen LogP contribution in [0.2, 0.25) is 0 Å². The minimum atomic E-state index is -0.590. The van der Waals surface area contributed by atoms with Crippen LogP contribution in [0.3, 0.4) is 0 Å². The topological polar surface area (TPSA) is 117 Å². The van der Waals surface area contributed by atoms with E-state index < -0.39 is 24.3 Å². The van der Waals surface area contributed by atoms with Crippen molar-refractivity contribution in [2.45, 2.75) is 63.8 Å². The molecule has 10 heteroatoms. The van der Waals surface area contributed by atoms with Crippen LogP contribution in [0.15, 0.2) is 109 Å². The minimum absolute atomic E-state index is 0.162. The zero-order chi connectivity index (χ0) is 36.1. The molecule has 0 radical (unpaired) electrons. The predicted molar refractivity (Wildman–Crippen MR) is 201 cm³/mol. The monoisotopic (exact) mass is 700 g/mol. The van der Waals surface area contributed by atoms with E-state index in [1.807, 2.05) is 121 Å². The maximum Gasteiger partial charge on any atom is 0.410 e. The molecule has 2 atom stereocenters. The number of carbonyl (C=O) groups excluding carboxylic acids is 4. The van der Waals surface area contributed by atoms with E-state index in [-0.39, 0.29) is 25.0 Å².